The van der Waals surface area contributed by atoms with Crippen LogP contribution < -0.4 is 4.74 Å². The van der Waals surface area contributed by atoms with Gasteiger partial charge in [0, 0.05) is 0 Å². The van der Waals surface area contributed by atoms with Crippen LogP contribution >= 0.6 is 0 Å². The Morgan fingerprint density at radius 3 is 2.41 bits per heavy atom. The summed E-state index contributed by atoms with van der Waals surface area (Å²) in [6.45, 7) is 0.919. The van der Waals surface area contributed by atoms with Gasteiger partial charge in [0.25, 0.3) is 0 Å². The minimum atomic E-state index is -0.129. The molecule has 0 aromatic heterocycles. The third kappa shape index (κ3) is 3.45. The maximum Gasteiger partial charge on any atom is 0.127 e. The van der Waals surface area contributed by atoms with E-state index in [9.17, 15) is 5.11 Å². The highest BCUT2D eigenvalue weighted by atomic mass is 16.5. The maximum absolute atomic E-state index is 9.43. The maximum atomic E-state index is 9.43. The summed E-state index contributed by atoms with van der Waals surface area (Å²) in [6.07, 6.45) is 10.5. The van der Waals surface area contributed by atoms with Gasteiger partial charge in [0.2, 0.25) is 0 Å². The molecule has 27 heavy (non-hydrogen) atoms. The lowest BCUT2D eigenvalue weighted by Crippen LogP contribution is -2.49. The van der Waals surface area contributed by atoms with Gasteiger partial charge < -0.3 is 14.6 Å². The van der Waals surface area contributed by atoms with Crippen molar-refractivity contribution in [2.75, 3.05) is 6.61 Å². The molecule has 0 atom stereocenters. The molecule has 0 unspecified atom stereocenters. The van der Waals surface area contributed by atoms with E-state index in [1.54, 1.807) is 24.3 Å². The highest BCUT2D eigenvalue weighted by molar-refractivity contribution is 5.38. The average Bonchev–Trinajstić information content (AvgIpc) is 3.55. The van der Waals surface area contributed by atoms with Gasteiger partial charge in [-0.15, -0.1) is 0 Å². The zero-order chi connectivity index (χ0) is 18.3. The first kappa shape index (κ1) is 17.1. The van der Waals surface area contributed by atoms with Gasteiger partial charge in [0.1, 0.15) is 17.2 Å². The molecule has 0 radical (unpaired) electrons. The molecule has 2 saturated carbocycles. The third-order valence-electron chi connectivity index (χ3n) is 6.99. The number of phenolic OH excluding ortho intramolecular Hbond substituents is 1. The van der Waals surface area contributed by atoms with Crippen LogP contribution in [-0.4, -0.2) is 11.7 Å². The molecule has 3 heteroatoms. The first-order chi connectivity index (χ1) is 13.1. The molecule has 6 rings (SSSR count). The summed E-state index contributed by atoms with van der Waals surface area (Å²) in [4.78, 5) is 0. The van der Waals surface area contributed by atoms with Crippen LogP contribution in [-0.2, 0) is 10.3 Å². The predicted octanol–water partition coefficient (Wildman–Crippen LogP) is 6.16. The van der Waals surface area contributed by atoms with E-state index >= 15 is 0 Å². The van der Waals surface area contributed by atoms with E-state index in [-0.39, 0.29) is 11.4 Å². The fourth-order valence-electron chi connectivity index (χ4n) is 4.87. The average molecular weight is 364 g/mol. The third-order valence-corrected chi connectivity index (χ3v) is 6.99. The van der Waals surface area contributed by atoms with Gasteiger partial charge in [-0.2, -0.15) is 0 Å². The quantitative estimate of drug-likeness (QED) is 0.667. The van der Waals surface area contributed by atoms with Crippen molar-refractivity contribution in [2.24, 2.45) is 11.3 Å². The molecule has 4 fully saturated rings. The van der Waals surface area contributed by atoms with Gasteiger partial charge in [-0.3, -0.25) is 0 Å². The lowest BCUT2D eigenvalue weighted by atomic mass is 9.62. The normalized spacial score (nSPS) is 29.6. The lowest BCUT2D eigenvalue weighted by molar-refractivity contribution is -0.192. The number of hydrogen-bond acceptors (Lipinski definition) is 3. The molecule has 2 aliphatic carbocycles. The molecular weight excluding hydrogens is 336 g/mol. The van der Waals surface area contributed by atoms with Crippen molar-refractivity contribution < 1.29 is 14.6 Å². The van der Waals surface area contributed by atoms with Crippen LogP contribution in [0, 0.1) is 11.3 Å². The van der Waals surface area contributed by atoms with Gasteiger partial charge in [0.05, 0.1) is 12.2 Å². The van der Waals surface area contributed by atoms with Gasteiger partial charge in [0.15, 0.2) is 0 Å². The Bertz CT molecular complexity index is 782. The topological polar surface area (TPSA) is 38.7 Å². The zero-order valence-corrected chi connectivity index (χ0v) is 15.8. The van der Waals surface area contributed by atoms with Crippen molar-refractivity contribution in [2.45, 2.75) is 57.0 Å². The van der Waals surface area contributed by atoms with Crippen LogP contribution in [0.3, 0.4) is 0 Å². The van der Waals surface area contributed by atoms with E-state index in [0.29, 0.717) is 5.41 Å². The van der Waals surface area contributed by atoms with Gasteiger partial charge in [-0.05, 0) is 91.8 Å². The zero-order valence-electron chi connectivity index (χ0n) is 15.8. The Hall–Kier alpha value is -2.00. The number of benzene rings is 2. The molecule has 2 aliphatic heterocycles. The Kier molecular flexibility index (Phi) is 4.16. The van der Waals surface area contributed by atoms with Crippen LogP contribution in [0.2, 0.25) is 0 Å². The largest absolute Gasteiger partial charge is 0.508 e. The van der Waals surface area contributed by atoms with E-state index in [1.165, 1.54) is 44.1 Å². The minimum absolute atomic E-state index is 0.129. The highest BCUT2D eigenvalue weighted by Gasteiger charge is 2.50. The van der Waals surface area contributed by atoms with Crippen LogP contribution in [0.25, 0.3) is 0 Å². The Morgan fingerprint density at radius 2 is 1.74 bits per heavy atom. The summed E-state index contributed by atoms with van der Waals surface area (Å²) in [7, 11) is 0. The monoisotopic (exact) mass is 364 g/mol. The van der Waals surface area contributed by atoms with Crippen molar-refractivity contribution in [3.63, 3.8) is 0 Å². The molecule has 2 aromatic carbocycles. The van der Waals surface area contributed by atoms with E-state index in [4.69, 9.17) is 9.47 Å². The molecular formula is C24H28O3. The molecule has 142 valence electrons. The number of fused-ring (bicyclic) bond motifs is 3. The summed E-state index contributed by atoms with van der Waals surface area (Å²) in [6, 6.07) is 15.2. The summed E-state index contributed by atoms with van der Waals surface area (Å²) in [5, 5.41) is 9.43. The van der Waals surface area contributed by atoms with Gasteiger partial charge in [-0.25, -0.2) is 0 Å². The summed E-state index contributed by atoms with van der Waals surface area (Å²) in [5.74, 6) is 2.82. The number of ether oxygens (including phenoxy) is 2. The smallest absolute Gasteiger partial charge is 0.127 e. The standard InChI is InChI=1S/C24H28O3/c25-20-6-8-21(9-7-20)27-22-3-1-2-19(16-22)24-14-12-23(13-15-24,17-26-24)11-10-18-4-5-18/h1-3,6-9,16,18,25H,4-5,10-15,17H2. The van der Waals surface area contributed by atoms with E-state index < -0.39 is 0 Å². The second-order valence-corrected chi connectivity index (χ2v) is 8.89. The number of rotatable bonds is 6. The first-order valence-corrected chi connectivity index (χ1v) is 10.4. The van der Waals surface area contributed by atoms with E-state index in [1.807, 2.05) is 6.07 Å². The Balaban J connectivity index is 1.30. The number of aromatic hydroxyl groups is 1. The van der Waals surface area contributed by atoms with E-state index in [0.717, 1.165) is 36.9 Å². The lowest BCUT2D eigenvalue weighted by Gasteiger charge is -2.53. The molecule has 0 amide bonds. The second kappa shape index (κ2) is 6.56. The number of hydrogen-bond donors (Lipinski definition) is 1. The van der Waals surface area contributed by atoms with Crippen molar-refractivity contribution in [3.05, 3.63) is 54.1 Å². The number of phenols is 1. The molecule has 3 nitrogen and oxygen atoms in total. The molecule has 2 bridgehead atoms. The fraction of sp³-hybridized carbons (Fsp3) is 0.500. The van der Waals surface area contributed by atoms with Crippen LogP contribution in [0.4, 0.5) is 0 Å². The Morgan fingerprint density at radius 1 is 0.963 bits per heavy atom. The summed E-state index contributed by atoms with van der Waals surface area (Å²) >= 11 is 0. The van der Waals surface area contributed by atoms with Crippen molar-refractivity contribution >= 4 is 0 Å². The SMILES string of the molecule is Oc1ccc(Oc2cccc(C34CCC(CCC5CC5)(CC3)CO4)c2)cc1. The van der Waals surface area contributed by atoms with Crippen molar-refractivity contribution in [3.8, 4) is 17.2 Å². The Labute approximate surface area is 161 Å². The van der Waals surface area contributed by atoms with E-state index in [2.05, 4.69) is 18.2 Å². The first-order valence-electron chi connectivity index (χ1n) is 10.4. The summed E-state index contributed by atoms with van der Waals surface area (Å²) < 4.78 is 12.5. The fourth-order valence-corrected chi connectivity index (χ4v) is 4.87. The predicted molar refractivity (Wildman–Crippen MR) is 105 cm³/mol. The second-order valence-electron chi connectivity index (χ2n) is 8.89. The van der Waals surface area contributed by atoms with Gasteiger partial charge in [-0.1, -0.05) is 25.0 Å². The van der Waals surface area contributed by atoms with Crippen LogP contribution in [0.5, 0.6) is 17.2 Å². The molecule has 2 saturated heterocycles. The molecule has 2 aromatic rings. The molecule has 4 aliphatic rings. The van der Waals surface area contributed by atoms with Crippen LogP contribution in [0.15, 0.2) is 48.5 Å². The highest BCUT2D eigenvalue weighted by Crippen LogP contribution is 2.56. The van der Waals surface area contributed by atoms with Crippen LogP contribution in [0.1, 0.15) is 56.9 Å². The molecule has 1 N–H and O–H groups in total. The van der Waals surface area contributed by atoms with Crippen molar-refractivity contribution in [1.82, 2.24) is 0 Å². The minimum Gasteiger partial charge on any atom is -0.508 e. The molecule has 2 heterocycles. The van der Waals surface area contributed by atoms with Gasteiger partial charge >= 0.3 is 0 Å². The summed E-state index contributed by atoms with van der Waals surface area (Å²) in [5.41, 5.74) is 1.56. The van der Waals surface area contributed by atoms with Crippen molar-refractivity contribution in [1.29, 1.82) is 0 Å². The molecule has 0 spiro atoms.